The van der Waals surface area contributed by atoms with Crippen LogP contribution >= 0.6 is 0 Å². The van der Waals surface area contributed by atoms with Crippen molar-refractivity contribution in [2.45, 2.75) is 19.3 Å². The standard InChI is InChI=1S/C22H24N2O4/c25-21(23-13-12-17-15-24-20-10-5-4-9-19(17)20)16-28-22(26)11-6-14-27-18-7-2-1-3-8-18/h1-5,7-10,15,24H,6,11-14,16H2,(H,23,25). The summed E-state index contributed by atoms with van der Waals surface area (Å²) in [5, 5.41) is 3.93. The predicted molar refractivity (Wildman–Crippen MR) is 107 cm³/mol. The second kappa shape index (κ2) is 10.2. The average Bonchev–Trinajstić information content (AvgIpc) is 3.14. The number of H-pyrrole nitrogens is 1. The minimum atomic E-state index is -0.400. The SMILES string of the molecule is O=C(COC(=O)CCCOc1ccccc1)NCCc1c[nH]c2ccccc12. The van der Waals surface area contributed by atoms with E-state index in [1.165, 1.54) is 0 Å². The molecule has 0 saturated heterocycles. The van der Waals surface area contributed by atoms with Gasteiger partial charge in [-0.1, -0.05) is 36.4 Å². The van der Waals surface area contributed by atoms with Gasteiger partial charge >= 0.3 is 5.97 Å². The first-order valence-corrected chi connectivity index (χ1v) is 9.37. The number of carbonyl (C=O) groups excluding carboxylic acids is 2. The molecular weight excluding hydrogens is 356 g/mol. The lowest BCUT2D eigenvalue weighted by Gasteiger charge is -2.07. The van der Waals surface area contributed by atoms with Crippen molar-refractivity contribution < 1.29 is 19.1 Å². The van der Waals surface area contributed by atoms with Crippen LogP contribution in [0, 0.1) is 0 Å². The van der Waals surface area contributed by atoms with Crippen molar-refractivity contribution in [3.05, 3.63) is 66.4 Å². The fourth-order valence-corrected chi connectivity index (χ4v) is 2.87. The number of aromatic amines is 1. The highest BCUT2D eigenvalue weighted by atomic mass is 16.5. The molecule has 3 rings (SSSR count). The van der Waals surface area contributed by atoms with E-state index >= 15 is 0 Å². The summed E-state index contributed by atoms with van der Waals surface area (Å²) in [4.78, 5) is 26.7. The van der Waals surface area contributed by atoms with Crippen molar-refractivity contribution in [1.29, 1.82) is 0 Å². The Morgan fingerprint density at radius 3 is 2.64 bits per heavy atom. The number of nitrogens with one attached hydrogen (secondary N) is 2. The summed E-state index contributed by atoms with van der Waals surface area (Å²) in [5.74, 6) is 0.0719. The first kappa shape index (κ1) is 19.5. The Labute approximate surface area is 163 Å². The van der Waals surface area contributed by atoms with Gasteiger partial charge in [0.25, 0.3) is 5.91 Å². The number of ether oxygens (including phenoxy) is 2. The maximum Gasteiger partial charge on any atom is 0.306 e. The minimum Gasteiger partial charge on any atom is -0.494 e. The van der Waals surface area contributed by atoms with Gasteiger partial charge in [0.05, 0.1) is 6.61 Å². The quantitative estimate of drug-likeness (QED) is 0.418. The second-order valence-corrected chi connectivity index (χ2v) is 6.39. The van der Waals surface area contributed by atoms with Crippen LogP contribution < -0.4 is 10.1 Å². The lowest BCUT2D eigenvalue weighted by molar-refractivity contribution is -0.148. The third-order valence-electron chi connectivity index (χ3n) is 4.29. The number of benzene rings is 2. The normalized spacial score (nSPS) is 10.6. The number of esters is 1. The molecule has 0 atom stereocenters. The summed E-state index contributed by atoms with van der Waals surface area (Å²) in [5.41, 5.74) is 2.22. The number of aromatic nitrogens is 1. The van der Waals surface area contributed by atoms with Crippen LogP contribution in [0.5, 0.6) is 5.75 Å². The van der Waals surface area contributed by atoms with Gasteiger partial charge in [0, 0.05) is 30.1 Å². The molecule has 0 radical (unpaired) electrons. The van der Waals surface area contributed by atoms with E-state index in [2.05, 4.69) is 10.3 Å². The molecule has 1 aromatic heterocycles. The van der Waals surface area contributed by atoms with Gasteiger partial charge in [0.2, 0.25) is 0 Å². The number of fused-ring (bicyclic) bond motifs is 1. The van der Waals surface area contributed by atoms with Crippen LogP contribution in [0.15, 0.2) is 60.8 Å². The highest BCUT2D eigenvalue weighted by molar-refractivity contribution is 5.83. The second-order valence-electron chi connectivity index (χ2n) is 6.39. The van der Waals surface area contributed by atoms with Gasteiger partial charge in [-0.2, -0.15) is 0 Å². The molecule has 2 N–H and O–H groups in total. The molecule has 0 spiro atoms. The van der Waals surface area contributed by atoms with Crippen molar-refractivity contribution in [1.82, 2.24) is 10.3 Å². The Bertz CT molecular complexity index is 905. The summed E-state index contributed by atoms with van der Waals surface area (Å²) in [6.07, 6.45) is 3.42. The topological polar surface area (TPSA) is 80.4 Å². The van der Waals surface area contributed by atoms with E-state index in [1.807, 2.05) is 60.8 Å². The molecule has 2 aromatic carbocycles. The molecule has 0 fully saturated rings. The molecule has 0 unspecified atom stereocenters. The molecule has 1 amide bonds. The summed E-state index contributed by atoms with van der Waals surface area (Å²) in [6, 6.07) is 17.4. The molecule has 6 nitrogen and oxygen atoms in total. The number of para-hydroxylation sites is 2. The molecule has 0 bridgehead atoms. The average molecular weight is 380 g/mol. The zero-order valence-electron chi connectivity index (χ0n) is 15.6. The maximum atomic E-state index is 11.8. The van der Waals surface area contributed by atoms with Crippen molar-refractivity contribution in [2.75, 3.05) is 19.8 Å². The Kier molecular flexibility index (Phi) is 7.07. The van der Waals surface area contributed by atoms with Crippen LogP contribution in [-0.4, -0.2) is 36.6 Å². The largest absolute Gasteiger partial charge is 0.494 e. The van der Waals surface area contributed by atoms with E-state index in [9.17, 15) is 9.59 Å². The van der Waals surface area contributed by atoms with Crippen LogP contribution in [0.1, 0.15) is 18.4 Å². The van der Waals surface area contributed by atoms with E-state index in [1.54, 1.807) is 0 Å². The van der Waals surface area contributed by atoms with Crippen molar-refractivity contribution in [2.24, 2.45) is 0 Å². The molecule has 0 aliphatic carbocycles. The highest BCUT2D eigenvalue weighted by Gasteiger charge is 2.08. The van der Waals surface area contributed by atoms with E-state index < -0.39 is 5.97 Å². The summed E-state index contributed by atoms with van der Waals surface area (Å²) in [7, 11) is 0. The first-order chi connectivity index (χ1) is 13.7. The van der Waals surface area contributed by atoms with Gasteiger partial charge in [0.15, 0.2) is 6.61 Å². The molecule has 0 saturated carbocycles. The highest BCUT2D eigenvalue weighted by Crippen LogP contribution is 2.17. The summed E-state index contributed by atoms with van der Waals surface area (Å²) >= 11 is 0. The van der Waals surface area contributed by atoms with Gasteiger partial charge in [0.1, 0.15) is 5.75 Å². The van der Waals surface area contributed by atoms with Crippen molar-refractivity contribution in [3.8, 4) is 5.75 Å². The van der Waals surface area contributed by atoms with Crippen LogP contribution in [0.4, 0.5) is 0 Å². The molecule has 3 aromatic rings. The Balaban J connectivity index is 1.27. The monoisotopic (exact) mass is 380 g/mol. The lowest BCUT2D eigenvalue weighted by atomic mass is 10.1. The Morgan fingerprint density at radius 2 is 1.79 bits per heavy atom. The molecule has 146 valence electrons. The van der Waals surface area contributed by atoms with Crippen LogP contribution in [0.2, 0.25) is 0 Å². The molecule has 0 aliphatic heterocycles. The predicted octanol–water partition coefficient (Wildman–Crippen LogP) is 3.23. The molecule has 6 heteroatoms. The summed E-state index contributed by atoms with van der Waals surface area (Å²) < 4.78 is 10.5. The number of rotatable bonds is 10. The van der Waals surface area contributed by atoms with Crippen LogP contribution in [-0.2, 0) is 20.7 Å². The van der Waals surface area contributed by atoms with Gasteiger partial charge < -0.3 is 19.8 Å². The fourth-order valence-electron chi connectivity index (χ4n) is 2.87. The molecule has 28 heavy (non-hydrogen) atoms. The number of hydrogen-bond donors (Lipinski definition) is 2. The van der Waals surface area contributed by atoms with Crippen molar-refractivity contribution >= 4 is 22.8 Å². The molecule has 0 aliphatic rings. The minimum absolute atomic E-state index is 0.218. The number of carbonyl (C=O) groups is 2. The molecule has 1 heterocycles. The fraction of sp³-hybridized carbons (Fsp3) is 0.273. The van der Waals surface area contributed by atoms with E-state index in [4.69, 9.17) is 9.47 Å². The maximum absolute atomic E-state index is 11.8. The van der Waals surface area contributed by atoms with Gasteiger partial charge in [-0.05, 0) is 36.6 Å². The zero-order chi connectivity index (χ0) is 19.6. The lowest BCUT2D eigenvalue weighted by Crippen LogP contribution is -2.30. The Morgan fingerprint density at radius 1 is 1.00 bits per heavy atom. The van der Waals surface area contributed by atoms with E-state index in [0.717, 1.165) is 22.2 Å². The third kappa shape index (κ3) is 5.87. The van der Waals surface area contributed by atoms with E-state index in [0.29, 0.717) is 26.0 Å². The van der Waals surface area contributed by atoms with Gasteiger partial charge in [-0.15, -0.1) is 0 Å². The van der Waals surface area contributed by atoms with Crippen LogP contribution in [0.3, 0.4) is 0 Å². The first-order valence-electron chi connectivity index (χ1n) is 9.37. The molecular formula is C22H24N2O4. The van der Waals surface area contributed by atoms with Crippen molar-refractivity contribution in [3.63, 3.8) is 0 Å². The van der Waals surface area contributed by atoms with E-state index in [-0.39, 0.29) is 18.9 Å². The van der Waals surface area contributed by atoms with Gasteiger partial charge in [-0.25, -0.2) is 0 Å². The van der Waals surface area contributed by atoms with Gasteiger partial charge in [-0.3, -0.25) is 9.59 Å². The summed E-state index contributed by atoms with van der Waals surface area (Å²) in [6.45, 7) is 0.658. The Hall–Kier alpha value is -3.28. The third-order valence-corrected chi connectivity index (χ3v) is 4.29. The number of hydrogen-bond acceptors (Lipinski definition) is 4. The smallest absolute Gasteiger partial charge is 0.306 e. The number of amides is 1. The zero-order valence-corrected chi connectivity index (χ0v) is 15.6. The van der Waals surface area contributed by atoms with Crippen LogP contribution in [0.25, 0.3) is 10.9 Å².